The molecule has 0 aromatic carbocycles. The molecule has 0 aromatic heterocycles. The van der Waals surface area contributed by atoms with Gasteiger partial charge in [0.25, 0.3) is 0 Å². The van der Waals surface area contributed by atoms with Crippen molar-refractivity contribution in [3.63, 3.8) is 0 Å². The van der Waals surface area contributed by atoms with E-state index in [0.717, 1.165) is 12.2 Å². The molecule has 76 valence electrons. The highest BCUT2D eigenvalue weighted by Gasteiger charge is 2.12. The van der Waals surface area contributed by atoms with Crippen LogP contribution in [0, 0.1) is 11.3 Å². The zero-order valence-electron chi connectivity index (χ0n) is 8.46. The molecule has 0 bridgehead atoms. The molecule has 4 heteroatoms. The van der Waals surface area contributed by atoms with E-state index in [1.165, 1.54) is 0 Å². The summed E-state index contributed by atoms with van der Waals surface area (Å²) >= 11 is 7.58. The molecule has 0 saturated carbocycles. The first kappa shape index (κ1) is 13.1. The summed E-state index contributed by atoms with van der Waals surface area (Å²) in [6, 6.07) is 2.53. The molecular weight excluding hydrogens is 204 g/mol. The molecule has 0 aliphatic rings. The fourth-order valence-corrected chi connectivity index (χ4v) is 1.78. The molecule has 0 rings (SSSR count). The van der Waals surface area contributed by atoms with Gasteiger partial charge in [-0.05, 0) is 32.4 Å². The second kappa shape index (κ2) is 7.49. The van der Waals surface area contributed by atoms with E-state index in [4.69, 9.17) is 16.9 Å². The van der Waals surface area contributed by atoms with Gasteiger partial charge in [0.15, 0.2) is 0 Å². The third-order valence-corrected chi connectivity index (χ3v) is 2.96. The maximum Gasteiger partial charge on any atom is 0.133 e. The van der Waals surface area contributed by atoms with Crippen molar-refractivity contribution < 1.29 is 0 Å². The Morgan fingerprint density at radius 1 is 1.62 bits per heavy atom. The van der Waals surface area contributed by atoms with Crippen molar-refractivity contribution >= 4 is 23.4 Å². The molecular formula is C9H17ClN2S. The van der Waals surface area contributed by atoms with Gasteiger partial charge in [0.2, 0.25) is 0 Å². The highest BCUT2D eigenvalue weighted by Crippen LogP contribution is 2.07. The van der Waals surface area contributed by atoms with Crippen LogP contribution in [0.5, 0.6) is 0 Å². The molecule has 2 atom stereocenters. The smallest absolute Gasteiger partial charge is 0.133 e. The van der Waals surface area contributed by atoms with Crippen molar-refractivity contribution in [1.82, 2.24) is 4.90 Å². The number of hydrogen-bond acceptors (Lipinski definition) is 3. The molecule has 0 fully saturated rings. The summed E-state index contributed by atoms with van der Waals surface area (Å²) in [6.45, 7) is 2.81. The maximum absolute atomic E-state index is 8.53. The second-order valence-electron chi connectivity index (χ2n) is 3.17. The van der Waals surface area contributed by atoms with E-state index in [2.05, 4.69) is 18.1 Å². The zero-order valence-corrected chi connectivity index (χ0v) is 10.0. The highest BCUT2D eigenvalue weighted by atomic mass is 35.5. The molecule has 0 heterocycles. The maximum atomic E-state index is 8.53. The fourth-order valence-electron chi connectivity index (χ4n) is 0.982. The summed E-state index contributed by atoms with van der Waals surface area (Å²) < 4.78 is 0. The molecule has 0 spiro atoms. The van der Waals surface area contributed by atoms with Crippen molar-refractivity contribution in [2.45, 2.75) is 24.8 Å². The van der Waals surface area contributed by atoms with E-state index >= 15 is 0 Å². The summed E-state index contributed by atoms with van der Waals surface area (Å²) in [5.74, 6) is 1.16. The van der Waals surface area contributed by atoms with Crippen LogP contribution in [0.2, 0.25) is 0 Å². The van der Waals surface area contributed by atoms with E-state index < -0.39 is 0 Å². The van der Waals surface area contributed by atoms with Gasteiger partial charge < -0.3 is 4.90 Å². The van der Waals surface area contributed by atoms with Gasteiger partial charge in [-0.3, -0.25) is 0 Å². The van der Waals surface area contributed by atoms with Gasteiger partial charge in [0, 0.05) is 12.6 Å². The Morgan fingerprint density at radius 2 is 2.23 bits per heavy atom. The van der Waals surface area contributed by atoms with Gasteiger partial charge in [-0.2, -0.15) is 17.0 Å². The van der Waals surface area contributed by atoms with Crippen LogP contribution in [0.15, 0.2) is 0 Å². The van der Waals surface area contributed by atoms with Crippen molar-refractivity contribution in [2.24, 2.45) is 0 Å². The van der Waals surface area contributed by atoms with Crippen molar-refractivity contribution in [3.8, 4) is 6.07 Å². The molecule has 2 unspecified atom stereocenters. The Morgan fingerprint density at radius 3 is 2.69 bits per heavy atom. The van der Waals surface area contributed by atoms with E-state index in [-0.39, 0.29) is 5.38 Å². The van der Waals surface area contributed by atoms with Crippen molar-refractivity contribution in [2.75, 3.05) is 25.6 Å². The molecule has 0 saturated heterocycles. The third-order valence-electron chi connectivity index (χ3n) is 2.08. The van der Waals surface area contributed by atoms with Crippen LogP contribution in [0.4, 0.5) is 0 Å². The molecule has 0 aromatic rings. The van der Waals surface area contributed by atoms with E-state index in [0.29, 0.717) is 12.6 Å². The lowest BCUT2D eigenvalue weighted by molar-refractivity contribution is 0.260. The first-order valence-corrected chi connectivity index (χ1v) is 6.17. The van der Waals surface area contributed by atoms with E-state index in [1.54, 1.807) is 0 Å². The molecule has 0 aliphatic carbocycles. The molecule has 13 heavy (non-hydrogen) atoms. The summed E-state index contributed by atoms with van der Waals surface area (Å²) in [6.07, 6.45) is 3.25. The van der Waals surface area contributed by atoms with Crippen molar-refractivity contribution in [1.29, 1.82) is 5.26 Å². The number of hydrogen-bond donors (Lipinski definition) is 0. The average Bonchev–Trinajstić information content (AvgIpc) is 2.13. The first-order chi connectivity index (χ1) is 6.11. The summed E-state index contributed by atoms with van der Waals surface area (Å²) in [5.41, 5.74) is 0. The van der Waals surface area contributed by atoms with Crippen LogP contribution < -0.4 is 0 Å². The highest BCUT2D eigenvalue weighted by molar-refractivity contribution is 7.98. The van der Waals surface area contributed by atoms with Gasteiger partial charge in [0.1, 0.15) is 5.38 Å². The van der Waals surface area contributed by atoms with E-state index in [1.807, 2.05) is 24.9 Å². The Kier molecular flexibility index (Phi) is 7.54. The minimum atomic E-state index is -0.387. The van der Waals surface area contributed by atoms with Gasteiger partial charge >= 0.3 is 0 Å². The Balaban J connectivity index is 3.69. The lowest BCUT2D eigenvalue weighted by Gasteiger charge is -2.24. The summed E-state index contributed by atoms with van der Waals surface area (Å²) in [5, 5.41) is 8.14. The summed E-state index contributed by atoms with van der Waals surface area (Å²) in [7, 11) is 2.01. The Labute approximate surface area is 90.2 Å². The SMILES string of the molecule is CSCCC(C)N(C)CC(Cl)C#N. The van der Waals surface area contributed by atoms with E-state index in [9.17, 15) is 0 Å². The largest absolute Gasteiger partial charge is 0.301 e. The van der Waals surface area contributed by atoms with Crippen LogP contribution in [0.25, 0.3) is 0 Å². The molecule has 0 N–H and O–H groups in total. The van der Waals surface area contributed by atoms with Crippen LogP contribution >= 0.6 is 23.4 Å². The van der Waals surface area contributed by atoms with Crippen LogP contribution in [0.3, 0.4) is 0 Å². The predicted octanol–water partition coefficient (Wildman–Crippen LogP) is 2.19. The second-order valence-corrected chi connectivity index (χ2v) is 4.68. The first-order valence-electron chi connectivity index (χ1n) is 4.34. The number of alkyl halides is 1. The van der Waals surface area contributed by atoms with Crippen LogP contribution in [-0.2, 0) is 0 Å². The fraction of sp³-hybridized carbons (Fsp3) is 0.889. The topological polar surface area (TPSA) is 27.0 Å². The van der Waals surface area contributed by atoms with Crippen LogP contribution in [-0.4, -0.2) is 41.9 Å². The summed E-state index contributed by atoms with van der Waals surface area (Å²) in [4.78, 5) is 2.14. The lowest BCUT2D eigenvalue weighted by atomic mass is 10.2. The lowest BCUT2D eigenvalue weighted by Crippen LogP contribution is -2.34. The Hall–Kier alpha value is 0.0900. The monoisotopic (exact) mass is 220 g/mol. The zero-order chi connectivity index (χ0) is 10.3. The predicted molar refractivity (Wildman–Crippen MR) is 60.3 cm³/mol. The molecule has 0 amide bonds. The minimum absolute atomic E-state index is 0.387. The quantitative estimate of drug-likeness (QED) is 0.643. The normalized spacial score (nSPS) is 15.4. The average molecular weight is 221 g/mol. The number of nitriles is 1. The van der Waals surface area contributed by atoms with Gasteiger partial charge in [-0.25, -0.2) is 0 Å². The number of thioether (sulfide) groups is 1. The Bertz CT molecular complexity index is 169. The molecule has 0 radical (unpaired) electrons. The van der Waals surface area contributed by atoms with Gasteiger partial charge in [-0.1, -0.05) is 0 Å². The minimum Gasteiger partial charge on any atom is -0.301 e. The van der Waals surface area contributed by atoms with Crippen LogP contribution in [0.1, 0.15) is 13.3 Å². The van der Waals surface area contributed by atoms with Crippen molar-refractivity contribution in [3.05, 3.63) is 0 Å². The van der Waals surface area contributed by atoms with Gasteiger partial charge in [0.05, 0.1) is 6.07 Å². The van der Waals surface area contributed by atoms with Gasteiger partial charge in [-0.15, -0.1) is 11.6 Å². The molecule has 0 aliphatic heterocycles. The molecule has 2 nitrogen and oxygen atoms in total. The standard InChI is InChI=1S/C9H17ClN2S/c1-8(4-5-13-3)12(2)7-9(10)6-11/h8-9H,4-5,7H2,1-3H3. The number of halogens is 1. The third kappa shape index (κ3) is 6.20. The number of rotatable bonds is 6. The number of nitrogens with zero attached hydrogens (tertiary/aromatic N) is 2.